The second kappa shape index (κ2) is 33.6. The van der Waals surface area contributed by atoms with E-state index in [9.17, 15) is 24.0 Å². The summed E-state index contributed by atoms with van der Waals surface area (Å²) in [5, 5.41) is 19.8. The number of ether oxygens (including phenoxy) is 3. The van der Waals surface area contributed by atoms with E-state index in [-0.39, 0.29) is 75.5 Å². The first-order valence-corrected chi connectivity index (χ1v) is 16.1. The van der Waals surface area contributed by atoms with Crippen LogP contribution < -0.4 is 44.7 Å². The Morgan fingerprint density at radius 1 is 0.745 bits per heavy atom. The standard InChI is InChI=1S/C19H28N6O5.C11H22N6O3.ClH/c1-15(26)24-17(18(27)21-10-12-29-13-11-23-25-20)8-5-9-22-19(28)30-14-16-6-3-2-4-7-16;1-9(18)16-10(3-2-4-12)11(19)14-5-7-20-8-6-15-17-13;/h2-4,6-7,17H,5,8-14H2,1H3,(H,21,27)(H,22,28)(H,24,26);10H,2-8,12H2,1H3,(H,14,19)(H,16,18);1H/t17-;10-;/m00./s1. The molecule has 0 saturated carbocycles. The molecule has 0 heterocycles. The van der Waals surface area contributed by atoms with E-state index >= 15 is 0 Å². The number of amides is 5. The van der Waals surface area contributed by atoms with Crippen molar-refractivity contribution in [3.63, 3.8) is 0 Å². The lowest BCUT2D eigenvalue weighted by Gasteiger charge is -2.17. The molecule has 8 N–H and O–H groups in total. The van der Waals surface area contributed by atoms with Gasteiger partial charge >= 0.3 is 6.09 Å². The van der Waals surface area contributed by atoms with Crippen molar-refractivity contribution in [1.29, 1.82) is 0 Å². The van der Waals surface area contributed by atoms with Crippen LogP contribution in [-0.2, 0) is 40.0 Å². The van der Waals surface area contributed by atoms with Gasteiger partial charge in [-0.15, -0.1) is 0 Å². The van der Waals surface area contributed by atoms with Crippen LogP contribution in [0.1, 0.15) is 45.1 Å². The summed E-state index contributed by atoms with van der Waals surface area (Å²) in [5.74, 6) is -1.13. The Kier molecular flexibility index (Phi) is 31.8. The summed E-state index contributed by atoms with van der Waals surface area (Å²) in [7, 11) is 0. The summed E-state index contributed by atoms with van der Waals surface area (Å²) in [6, 6.07) is 8.07. The number of nitrogens with zero attached hydrogens (tertiary/aromatic N) is 6. The Labute approximate surface area is 303 Å². The summed E-state index contributed by atoms with van der Waals surface area (Å²) in [6.45, 7) is 6.16. The molecule has 0 radical (unpaired) electrons. The fourth-order valence-electron chi connectivity index (χ4n) is 3.89. The third-order valence-electron chi connectivity index (χ3n) is 6.17. The second-order valence-electron chi connectivity index (χ2n) is 10.3. The fourth-order valence-corrected chi connectivity index (χ4v) is 3.89. The van der Waals surface area contributed by atoms with Crippen LogP contribution >= 0.6 is 0 Å². The van der Waals surface area contributed by atoms with E-state index in [2.05, 4.69) is 52.4 Å². The zero-order valence-electron chi connectivity index (χ0n) is 29.2. The Hall–Kier alpha value is -4.84. The van der Waals surface area contributed by atoms with E-state index in [1.807, 2.05) is 30.3 Å². The molecule has 0 fully saturated rings. The van der Waals surface area contributed by atoms with Crippen molar-refractivity contribution < 1.29 is 56.3 Å². The van der Waals surface area contributed by atoms with Crippen molar-refractivity contribution in [2.24, 2.45) is 10.2 Å². The molecular formula is C30H51ClN12O8. The third kappa shape index (κ3) is 29.8. The molecule has 0 aliphatic heterocycles. The SMILES string of the molecule is CC(=O)N[C@@H](CCCNC(=O)OCc1ccccc1)C(=O)NCCOCCN=[N+]=[N-].CC(=O)N[C@@H](CCC[NH3+])C(=O)NCCOCCN=[N+]=[N-].[Cl-]. The van der Waals surface area contributed by atoms with Crippen LogP contribution in [0.5, 0.6) is 0 Å². The van der Waals surface area contributed by atoms with Crippen molar-refractivity contribution in [3.8, 4) is 0 Å². The molecule has 2 atom stereocenters. The number of quaternary nitrogens is 1. The number of hydrogen-bond donors (Lipinski definition) is 6. The topological polar surface area (TPSA) is 298 Å². The van der Waals surface area contributed by atoms with Gasteiger partial charge in [0.15, 0.2) is 0 Å². The van der Waals surface area contributed by atoms with Crippen LogP contribution in [0.2, 0.25) is 0 Å². The second-order valence-corrected chi connectivity index (χ2v) is 10.3. The predicted molar refractivity (Wildman–Crippen MR) is 182 cm³/mol. The monoisotopic (exact) mass is 742 g/mol. The number of alkyl carbamates (subject to hydrolysis) is 1. The van der Waals surface area contributed by atoms with E-state index in [1.165, 1.54) is 13.8 Å². The van der Waals surface area contributed by atoms with Crippen LogP contribution in [0.3, 0.4) is 0 Å². The predicted octanol–water partition coefficient (Wildman–Crippen LogP) is -2.40. The maximum Gasteiger partial charge on any atom is 0.407 e. The molecule has 1 rings (SSSR count). The van der Waals surface area contributed by atoms with Crippen molar-refractivity contribution >= 4 is 29.7 Å². The van der Waals surface area contributed by atoms with E-state index in [1.54, 1.807) is 0 Å². The number of hydrogen-bond acceptors (Lipinski definition) is 10. The molecule has 20 nitrogen and oxygen atoms in total. The molecular weight excluding hydrogens is 692 g/mol. The van der Waals surface area contributed by atoms with Crippen molar-refractivity contribution in [2.75, 3.05) is 65.7 Å². The van der Waals surface area contributed by atoms with Gasteiger partial charge in [0.25, 0.3) is 0 Å². The molecule has 0 unspecified atom stereocenters. The number of halogens is 1. The molecule has 0 spiro atoms. The number of rotatable bonds is 25. The molecule has 0 aromatic heterocycles. The smallest absolute Gasteiger partial charge is 0.407 e. The van der Waals surface area contributed by atoms with Gasteiger partial charge in [0.05, 0.1) is 33.0 Å². The quantitative estimate of drug-likeness (QED) is 0.0271. The molecule has 0 bridgehead atoms. The normalized spacial score (nSPS) is 10.9. The molecule has 1 aromatic carbocycles. The molecule has 5 amide bonds. The van der Waals surface area contributed by atoms with E-state index in [0.717, 1.165) is 12.0 Å². The van der Waals surface area contributed by atoms with Gasteiger partial charge in [-0.25, -0.2) is 4.79 Å². The Morgan fingerprint density at radius 3 is 1.69 bits per heavy atom. The largest absolute Gasteiger partial charge is 1.00 e. The molecule has 51 heavy (non-hydrogen) atoms. The van der Waals surface area contributed by atoms with Gasteiger partial charge in [-0.1, -0.05) is 40.6 Å². The van der Waals surface area contributed by atoms with Crippen molar-refractivity contribution in [3.05, 3.63) is 56.8 Å². The van der Waals surface area contributed by atoms with Gasteiger partial charge in [-0.3, -0.25) is 19.2 Å². The lowest BCUT2D eigenvalue weighted by atomic mass is 10.1. The minimum Gasteiger partial charge on any atom is -1.00 e. The molecule has 0 aliphatic rings. The summed E-state index contributed by atoms with van der Waals surface area (Å²) in [5.41, 5.74) is 20.8. The number of nitrogens with one attached hydrogen (secondary N) is 5. The van der Waals surface area contributed by atoms with Crippen molar-refractivity contribution in [2.45, 2.75) is 58.2 Å². The highest BCUT2D eigenvalue weighted by Gasteiger charge is 2.19. The van der Waals surface area contributed by atoms with Crippen molar-refractivity contribution in [1.82, 2.24) is 26.6 Å². The zero-order chi connectivity index (χ0) is 37.2. The fraction of sp³-hybridized carbons (Fsp3) is 0.633. The highest BCUT2D eigenvalue weighted by Crippen LogP contribution is 2.02. The zero-order valence-corrected chi connectivity index (χ0v) is 29.9. The van der Waals surface area contributed by atoms with E-state index < -0.39 is 18.2 Å². The highest BCUT2D eigenvalue weighted by atomic mass is 35.5. The van der Waals surface area contributed by atoms with Crippen LogP contribution in [0.15, 0.2) is 40.6 Å². The third-order valence-corrected chi connectivity index (χ3v) is 6.17. The molecule has 1 aromatic rings. The maximum absolute atomic E-state index is 12.2. The Balaban J connectivity index is 0. The average molecular weight is 743 g/mol. The highest BCUT2D eigenvalue weighted by molar-refractivity contribution is 5.87. The number of azide groups is 2. The number of carbonyl (C=O) groups excluding carboxylic acids is 5. The van der Waals surface area contributed by atoms with Gasteiger partial charge in [-0.2, -0.15) is 0 Å². The Morgan fingerprint density at radius 2 is 1.24 bits per heavy atom. The average Bonchev–Trinajstić information content (AvgIpc) is 3.09. The van der Waals surface area contributed by atoms with Crippen LogP contribution in [0.25, 0.3) is 20.9 Å². The summed E-state index contributed by atoms with van der Waals surface area (Å²) in [6.07, 6.45) is 1.61. The van der Waals surface area contributed by atoms with E-state index in [0.29, 0.717) is 52.1 Å². The van der Waals surface area contributed by atoms with Gasteiger partial charge in [0, 0.05) is 56.4 Å². The maximum atomic E-state index is 12.2. The Bertz CT molecular complexity index is 1230. The first kappa shape index (κ1) is 48.3. The van der Waals surface area contributed by atoms with Gasteiger partial charge in [0.2, 0.25) is 23.6 Å². The molecule has 286 valence electrons. The van der Waals surface area contributed by atoms with Crippen LogP contribution in [-0.4, -0.2) is 108 Å². The van der Waals surface area contributed by atoms with Gasteiger partial charge < -0.3 is 58.9 Å². The molecule has 0 saturated heterocycles. The van der Waals surface area contributed by atoms with Gasteiger partial charge in [-0.05, 0) is 42.3 Å². The van der Waals surface area contributed by atoms with E-state index in [4.69, 9.17) is 25.3 Å². The minimum absolute atomic E-state index is 0. The lowest BCUT2D eigenvalue weighted by Crippen LogP contribution is -3.00. The number of benzene rings is 1. The summed E-state index contributed by atoms with van der Waals surface area (Å²) >= 11 is 0. The summed E-state index contributed by atoms with van der Waals surface area (Å²) < 4.78 is 15.5. The van der Waals surface area contributed by atoms with Gasteiger partial charge in [0.1, 0.15) is 18.7 Å². The lowest BCUT2D eigenvalue weighted by molar-refractivity contribution is -0.368. The minimum atomic E-state index is -0.715. The summed E-state index contributed by atoms with van der Waals surface area (Å²) in [4.78, 5) is 63.4. The molecule has 21 heteroatoms. The molecule has 0 aliphatic carbocycles. The van der Waals surface area contributed by atoms with Crippen LogP contribution in [0.4, 0.5) is 4.79 Å². The first-order valence-electron chi connectivity index (χ1n) is 16.1. The number of carbonyl (C=O) groups is 5. The first-order chi connectivity index (χ1) is 24.1. The van der Waals surface area contributed by atoms with Crippen LogP contribution in [0, 0.1) is 0 Å².